The molecule has 0 unspecified atom stereocenters. The molecule has 0 bridgehead atoms. The molecule has 2 aliphatic carbocycles. The first kappa shape index (κ1) is 11.6. The first-order valence-electron chi connectivity index (χ1n) is 7.17. The number of hydrogen-bond donors (Lipinski definition) is 1. The summed E-state index contributed by atoms with van der Waals surface area (Å²) in [6.45, 7) is 0.980. The number of thiazole rings is 1. The number of nitrogens with zero attached hydrogens (tertiary/aromatic N) is 1. The molecule has 0 aliphatic heterocycles. The van der Waals surface area contributed by atoms with Gasteiger partial charge in [-0.05, 0) is 37.2 Å². The molecule has 98 valence electrons. The number of rotatable bonds is 5. The lowest BCUT2D eigenvalue weighted by Crippen LogP contribution is -2.14. The Balaban J connectivity index is 1.57. The summed E-state index contributed by atoms with van der Waals surface area (Å²) in [5, 5.41) is 4.75. The second-order valence-corrected chi connectivity index (χ2v) is 6.76. The molecular weight excluding hydrogens is 252 g/mol. The van der Waals surface area contributed by atoms with E-state index in [1.165, 1.54) is 46.7 Å². The van der Waals surface area contributed by atoms with Crippen LogP contribution in [0.25, 0.3) is 10.6 Å². The Kier molecular flexibility index (Phi) is 2.89. The van der Waals surface area contributed by atoms with Gasteiger partial charge in [-0.2, -0.15) is 0 Å². The van der Waals surface area contributed by atoms with E-state index in [1.54, 1.807) is 0 Å². The summed E-state index contributed by atoms with van der Waals surface area (Å²) in [7, 11) is 0. The van der Waals surface area contributed by atoms with Gasteiger partial charge in [-0.3, -0.25) is 0 Å². The van der Waals surface area contributed by atoms with Gasteiger partial charge >= 0.3 is 0 Å². The molecule has 2 saturated carbocycles. The Morgan fingerprint density at radius 2 is 2.00 bits per heavy atom. The summed E-state index contributed by atoms with van der Waals surface area (Å²) in [5.74, 6) is 0.785. The number of aromatic nitrogens is 1. The zero-order chi connectivity index (χ0) is 12.7. The molecule has 19 heavy (non-hydrogen) atoms. The van der Waals surface area contributed by atoms with Crippen molar-refractivity contribution in [2.24, 2.45) is 0 Å². The number of benzene rings is 1. The van der Waals surface area contributed by atoms with Gasteiger partial charge in [-0.15, -0.1) is 11.3 Å². The second kappa shape index (κ2) is 4.73. The molecule has 0 radical (unpaired) electrons. The molecule has 0 saturated heterocycles. The molecule has 4 rings (SSSR count). The van der Waals surface area contributed by atoms with Gasteiger partial charge in [0.05, 0.1) is 0 Å². The summed E-state index contributed by atoms with van der Waals surface area (Å²) in [5.41, 5.74) is 2.85. The Morgan fingerprint density at radius 1 is 1.16 bits per heavy atom. The maximum absolute atomic E-state index is 4.63. The summed E-state index contributed by atoms with van der Waals surface area (Å²) in [4.78, 5) is 5.99. The number of nitrogens with one attached hydrogen (secondary N) is 1. The maximum atomic E-state index is 4.63. The highest BCUT2D eigenvalue weighted by atomic mass is 32.1. The molecule has 2 aromatic rings. The van der Waals surface area contributed by atoms with Crippen LogP contribution in [0.3, 0.4) is 0 Å². The number of hydrogen-bond acceptors (Lipinski definition) is 3. The van der Waals surface area contributed by atoms with Gasteiger partial charge in [0.1, 0.15) is 5.01 Å². The van der Waals surface area contributed by atoms with E-state index in [0.717, 1.165) is 18.5 Å². The Labute approximate surface area is 117 Å². The van der Waals surface area contributed by atoms with Gasteiger partial charge < -0.3 is 5.32 Å². The average molecular weight is 270 g/mol. The fraction of sp³-hybridized carbons (Fsp3) is 0.438. The predicted molar refractivity (Wildman–Crippen MR) is 79.4 cm³/mol. The van der Waals surface area contributed by atoms with Crippen LogP contribution < -0.4 is 5.32 Å². The fourth-order valence-electron chi connectivity index (χ4n) is 2.49. The van der Waals surface area contributed by atoms with E-state index >= 15 is 0 Å². The van der Waals surface area contributed by atoms with E-state index in [4.69, 9.17) is 0 Å². The monoisotopic (exact) mass is 270 g/mol. The fourth-order valence-corrected chi connectivity index (χ4v) is 3.40. The topological polar surface area (TPSA) is 24.9 Å². The molecule has 1 N–H and O–H groups in total. The molecule has 2 nitrogen and oxygen atoms in total. The van der Waals surface area contributed by atoms with E-state index in [-0.39, 0.29) is 0 Å². The minimum Gasteiger partial charge on any atom is -0.309 e. The molecule has 3 heteroatoms. The molecule has 0 atom stereocenters. The molecular formula is C16H18N2S. The van der Waals surface area contributed by atoms with E-state index in [0.29, 0.717) is 0 Å². The highest BCUT2D eigenvalue weighted by Gasteiger charge is 2.27. The minimum absolute atomic E-state index is 0.768. The zero-order valence-corrected chi connectivity index (χ0v) is 11.7. The molecule has 2 aliphatic rings. The van der Waals surface area contributed by atoms with Crippen LogP contribution in [0, 0.1) is 0 Å². The SMILES string of the molecule is c1ccc(C2CC2)c(-c2ncc(CNC3CC3)s2)c1. The Bertz CT molecular complexity index is 582. The van der Waals surface area contributed by atoms with Crippen LogP contribution in [0.5, 0.6) is 0 Å². The third-order valence-electron chi connectivity index (χ3n) is 3.90. The van der Waals surface area contributed by atoms with Crippen molar-refractivity contribution in [2.45, 2.75) is 44.2 Å². The highest BCUT2D eigenvalue weighted by molar-refractivity contribution is 7.15. The lowest BCUT2D eigenvalue weighted by molar-refractivity contribution is 0.694. The van der Waals surface area contributed by atoms with Crippen molar-refractivity contribution in [1.29, 1.82) is 0 Å². The predicted octanol–water partition coefficient (Wildman–Crippen LogP) is 3.94. The van der Waals surface area contributed by atoms with Crippen molar-refractivity contribution < 1.29 is 0 Å². The van der Waals surface area contributed by atoms with Crippen LogP contribution in [-0.2, 0) is 6.54 Å². The second-order valence-electron chi connectivity index (χ2n) is 5.65. The van der Waals surface area contributed by atoms with Crippen molar-refractivity contribution in [3.8, 4) is 10.6 Å². The van der Waals surface area contributed by atoms with Crippen LogP contribution in [0.15, 0.2) is 30.5 Å². The molecule has 1 aromatic carbocycles. The van der Waals surface area contributed by atoms with Crippen molar-refractivity contribution in [3.63, 3.8) is 0 Å². The smallest absolute Gasteiger partial charge is 0.123 e. The molecule has 0 spiro atoms. The maximum Gasteiger partial charge on any atom is 0.123 e. The van der Waals surface area contributed by atoms with E-state index in [1.807, 2.05) is 17.5 Å². The van der Waals surface area contributed by atoms with Gasteiger partial charge in [0.15, 0.2) is 0 Å². The van der Waals surface area contributed by atoms with E-state index in [2.05, 4.69) is 34.6 Å². The van der Waals surface area contributed by atoms with E-state index in [9.17, 15) is 0 Å². The summed E-state index contributed by atoms with van der Waals surface area (Å²) >= 11 is 1.84. The van der Waals surface area contributed by atoms with Crippen molar-refractivity contribution >= 4 is 11.3 Å². The van der Waals surface area contributed by atoms with Crippen molar-refractivity contribution in [1.82, 2.24) is 10.3 Å². The normalized spacial score (nSPS) is 18.7. The van der Waals surface area contributed by atoms with Crippen LogP contribution >= 0.6 is 11.3 Å². The summed E-state index contributed by atoms with van der Waals surface area (Å²) in [6.07, 6.45) is 7.42. The lowest BCUT2D eigenvalue weighted by Gasteiger charge is -2.04. The third kappa shape index (κ3) is 2.58. The van der Waals surface area contributed by atoms with Gasteiger partial charge in [0.2, 0.25) is 0 Å². The highest BCUT2D eigenvalue weighted by Crippen LogP contribution is 2.44. The van der Waals surface area contributed by atoms with Gasteiger partial charge in [-0.1, -0.05) is 24.3 Å². The summed E-state index contributed by atoms with van der Waals surface area (Å²) < 4.78 is 0. The largest absolute Gasteiger partial charge is 0.309 e. The molecule has 0 amide bonds. The Morgan fingerprint density at radius 3 is 2.79 bits per heavy atom. The molecule has 1 heterocycles. The quantitative estimate of drug-likeness (QED) is 0.890. The van der Waals surface area contributed by atoms with Crippen LogP contribution in [0.1, 0.15) is 42.0 Å². The first-order chi connectivity index (χ1) is 9.40. The minimum atomic E-state index is 0.768. The van der Waals surface area contributed by atoms with E-state index < -0.39 is 0 Å². The van der Waals surface area contributed by atoms with Gasteiger partial charge in [0.25, 0.3) is 0 Å². The molecule has 2 fully saturated rings. The van der Waals surface area contributed by atoms with Gasteiger partial charge in [0, 0.05) is 29.2 Å². The van der Waals surface area contributed by atoms with Crippen LogP contribution in [0.2, 0.25) is 0 Å². The summed E-state index contributed by atoms with van der Waals surface area (Å²) in [6, 6.07) is 9.55. The van der Waals surface area contributed by atoms with Gasteiger partial charge in [-0.25, -0.2) is 4.98 Å². The van der Waals surface area contributed by atoms with Crippen molar-refractivity contribution in [3.05, 3.63) is 40.9 Å². The standard InChI is InChI=1S/C16H18N2S/c1-2-4-15(14(3-1)11-5-6-11)16-18-10-13(19-16)9-17-12-7-8-12/h1-4,10-12,17H,5-9H2. The molecule has 1 aromatic heterocycles. The first-order valence-corrected chi connectivity index (χ1v) is 7.99. The Hall–Kier alpha value is -1.19. The van der Waals surface area contributed by atoms with Crippen LogP contribution in [0.4, 0.5) is 0 Å². The zero-order valence-electron chi connectivity index (χ0n) is 10.9. The third-order valence-corrected chi connectivity index (χ3v) is 4.93. The average Bonchev–Trinajstić information content (AvgIpc) is 3.36. The van der Waals surface area contributed by atoms with Crippen molar-refractivity contribution in [2.75, 3.05) is 0 Å². The lowest BCUT2D eigenvalue weighted by atomic mass is 10.0. The van der Waals surface area contributed by atoms with Crippen LogP contribution in [-0.4, -0.2) is 11.0 Å².